The van der Waals surface area contributed by atoms with Gasteiger partial charge in [0, 0.05) is 16.3 Å². The first kappa shape index (κ1) is 24.6. The molecule has 12 nitrogen and oxygen atoms in total. The number of fused-ring (bicyclic) bond motifs is 1. The van der Waals surface area contributed by atoms with Crippen molar-refractivity contribution >= 4 is 55.9 Å². The number of rotatable bonds is 7. The summed E-state index contributed by atoms with van der Waals surface area (Å²) in [5.74, 6) is 4.45. The van der Waals surface area contributed by atoms with Crippen LogP contribution in [0.15, 0.2) is 68.6 Å². The SMILES string of the molecule is NOOSc1ccc2cc(=O)n(-c3ccc(NC(=O)NS(=O)(=O)c4ccc(F)s4)cn3)c(O)c2c1. The molecule has 3 heterocycles. The number of nitrogens with one attached hydrogen (secondary N) is 2. The van der Waals surface area contributed by atoms with Crippen molar-refractivity contribution in [3.05, 3.63) is 70.2 Å². The number of aromatic hydroxyl groups is 1. The summed E-state index contributed by atoms with van der Waals surface area (Å²) in [4.78, 5) is 33.3. The Labute approximate surface area is 204 Å². The van der Waals surface area contributed by atoms with Crippen LogP contribution in [0, 0.1) is 5.13 Å². The minimum atomic E-state index is -4.26. The number of halogens is 1. The molecule has 1 aromatic carbocycles. The van der Waals surface area contributed by atoms with Crippen LogP contribution in [-0.4, -0.2) is 29.1 Å². The minimum Gasteiger partial charge on any atom is -0.494 e. The second-order valence-electron chi connectivity index (χ2n) is 6.66. The van der Waals surface area contributed by atoms with Gasteiger partial charge in [-0.1, -0.05) is 17.4 Å². The molecule has 0 fully saturated rings. The number of anilines is 1. The maximum atomic E-state index is 13.1. The van der Waals surface area contributed by atoms with Gasteiger partial charge in [-0.3, -0.25) is 4.79 Å². The van der Waals surface area contributed by atoms with E-state index in [1.165, 1.54) is 18.2 Å². The van der Waals surface area contributed by atoms with Gasteiger partial charge in [-0.25, -0.2) is 27.5 Å². The van der Waals surface area contributed by atoms with Gasteiger partial charge in [0.15, 0.2) is 5.13 Å². The summed E-state index contributed by atoms with van der Waals surface area (Å²) in [7, 11) is -4.26. The number of aromatic nitrogens is 2. The number of hydrogen-bond acceptors (Lipinski definition) is 11. The number of amides is 2. The fraction of sp³-hybridized carbons (Fsp3) is 0. The van der Waals surface area contributed by atoms with Gasteiger partial charge in [0.25, 0.3) is 15.6 Å². The maximum Gasteiger partial charge on any atom is 0.333 e. The number of carbonyl (C=O) groups is 1. The van der Waals surface area contributed by atoms with Crippen molar-refractivity contribution < 1.29 is 32.0 Å². The van der Waals surface area contributed by atoms with E-state index in [2.05, 4.69) is 19.6 Å². The highest BCUT2D eigenvalue weighted by atomic mass is 32.2. The third-order valence-corrected chi connectivity index (χ3v) is 7.71. The molecule has 182 valence electrons. The van der Waals surface area contributed by atoms with Crippen LogP contribution < -0.4 is 21.5 Å². The van der Waals surface area contributed by atoms with Gasteiger partial charge in [-0.15, -0.1) is 9.32 Å². The molecule has 0 atom stereocenters. The van der Waals surface area contributed by atoms with Crippen LogP contribution in [0.3, 0.4) is 0 Å². The second kappa shape index (κ2) is 9.98. The molecule has 0 aliphatic heterocycles. The van der Waals surface area contributed by atoms with Crippen molar-refractivity contribution in [1.29, 1.82) is 0 Å². The first-order valence-corrected chi connectivity index (χ1v) is 12.4. The van der Waals surface area contributed by atoms with Gasteiger partial charge in [-0.05, 0) is 41.8 Å². The molecule has 16 heteroatoms. The Morgan fingerprint density at radius 3 is 2.66 bits per heavy atom. The summed E-state index contributed by atoms with van der Waals surface area (Å²) in [6, 6.07) is 9.63. The van der Waals surface area contributed by atoms with E-state index in [-0.39, 0.29) is 15.7 Å². The maximum absolute atomic E-state index is 13.1. The number of carbonyl (C=O) groups excluding carboxylic acids is 1. The van der Waals surface area contributed by atoms with E-state index in [0.29, 0.717) is 27.0 Å². The molecule has 0 aliphatic carbocycles. The average molecular weight is 540 g/mol. The first-order valence-electron chi connectivity index (χ1n) is 9.32. The number of sulfonamides is 1. The number of thiophene rings is 1. The largest absolute Gasteiger partial charge is 0.494 e. The van der Waals surface area contributed by atoms with E-state index < -0.39 is 32.6 Å². The van der Waals surface area contributed by atoms with E-state index in [1.54, 1.807) is 22.9 Å². The lowest BCUT2D eigenvalue weighted by atomic mass is 10.1. The molecule has 5 N–H and O–H groups in total. The fourth-order valence-electron chi connectivity index (χ4n) is 2.97. The predicted molar refractivity (Wildman–Crippen MR) is 125 cm³/mol. The Bertz CT molecular complexity index is 1570. The topological polar surface area (TPSA) is 175 Å². The van der Waals surface area contributed by atoms with Gasteiger partial charge in [0.1, 0.15) is 10.0 Å². The number of pyridine rings is 2. The van der Waals surface area contributed by atoms with Gasteiger partial charge >= 0.3 is 6.03 Å². The third kappa shape index (κ3) is 5.42. The Kier molecular flexibility index (Phi) is 7.01. The molecule has 0 spiro atoms. The quantitative estimate of drug-likeness (QED) is 0.155. The molecule has 0 saturated heterocycles. The van der Waals surface area contributed by atoms with E-state index in [1.807, 2.05) is 0 Å². The van der Waals surface area contributed by atoms with E-state index >= 15 is 0 Å². The molecular formula is C19H14FN5O7S3. The highest BCUT2D eigenvalue weighted by molar-refractivity contribution is 7.94. The van der Waals surface area contributed by atoms with Crippen molar-refractivity contribution in [2.24, 2.45) is 5.90 Å². The molecule has 2 amide bonds. The smallest absolute Gasteiger partial charge is 0.333 e. The van der Waals surface area contributed by atoms with Gasteiger partial charge < -0.3 is 10.4 Å². The number of nitrogens with zero attached hydrogens (tertiary/aromatic N) is 2. The number of urea groups is 1. The van der Waals surface area contributed by atoms with E-state index in [4.69, 9.17) is 5.90 Å². The summed E-state index contributed by atoms with van der Waals surface area (Å²) in [6.45, 7) is 0. The molecule has 0 unspecified atom stereocenters. The molecule has 4 rings (SSSR count). The molecule has 0 aliphatic rings. The Balaban J connectivity index is 1.55. The van der Waals surface area contributed by atoms with Crippen LogP contribution in [-0.2, 0) is 19.3 Å². The van der Waals surface area contributed by atoms with Gasteiger partial charge in [0.05, 0.1) is 23.9 Å². The van der Waals surface area contributed by atoms with Crippen LogP contribution >= 0.6 is 23.4 Å². The second-order valence-corrected chi connectivity index (χ2v) is 10.4. The van der Waals surface area contributed by atoms with Crippen molar-refractivity contribution in [2.75, 3.05) is 5.32 Å². The molecule has 0 radical (unpaired) electrons. The van der Waals surface area contributed by atoms with E-state index in [9.17, 15) is 27.5 Å². The summed E-state index contributed by atoms with van der Waals surface area (Å²) >= 11 is 1.16. The summed E-state index contributed by atoms with van der Waals surface area (Å²) < 4.78 is 44.2. The Morgan fingerprint density at radius 1 is 1.20 bits per heavy atom. The van der Waals surface area contributed by atoms with Crippen molar-refractivity contribution in [2.45, 2.75) is 9.10 Å². The highest BCUT2D eigenvalue weighted by Gasteiger charge is 2.20. The summed E-state index contributed by atoms with van der Waals surface area (Å²) in [5.41, 5.74) is -0.484. The summed E-state index contributed by atoms with van der Waals surface area (Å²) in [6.07, 6.45) is 1.15. The first-order chi connectivity index (χ1) is 16.7. The molecule has 35 heavy (non-hydrogen) atoms. The predicted octanol–water partition coefficient (Wildman–Crippen LogP) is 2.63. The lowest BCUT2D eigenvalue weighted by molar-refractivity contribution is -0.195. The van der Waals surface area contributed by atoms with Crippen LogP contribution in [0.1, 0.15) is 0 Å². The van der Waals surface area contributed by atoms with Crippen molar-refractivity contribution in [1.82, 2.24) is 14.3 Å². The molecule has 4 aromatic rings. The van der Waals surface area contributed by atoms with E-state index in [0.717, 1.165) is 34.9 Å². The molecule has 0 bridgehead atoms. The van der Waals surface area contributed by atoms with Crippen molar-refractivity contribution in [3.63, 3.8) is 0 Å². The normalized spacial score (nSPS) is 11.5. The van der Waals surface area contributed by atoms with Crippen molar-refractivity contribution in [3.8, 4) is 11.7 Å². The van der Waals surface area contributed by atoms with Crippen LogP contribution in [0.2, 0.25) is 0 Å². The number of benzene rings is 1. The monoisotopic (exact) mass is 539 g/mol. The lowest BCUT2D eigenvalue weighted by Gasteiger charge is -2.12. The average Bonchev–Trinajstić information content (AvgIpc) is 3.26. The van der Waals surface area contributed by atoms with Crippen LogP contribution in [0.5, 0.6) is 5.88 Å². The zero-order valence-electron chi connectivity index (χ0n) is 17.2. The van der Waals surface area contributed by atoms with Gasteiger partial charge in [-0.2, -0.15) is 10.3 Å². The zero-order valence-corrected chi connectivity index (χ0v) is 19.6. The molecule has 0 saturated carbocycles. The number of hydrogen-bond donors (Lipinski definition) is 4. The standard InChI is InChI=1S/C19H14FN5O7S3/c20-14-4-6-17(33-14)35(29,30)24-19(28)23-11-2-5-15(22-9-11)25-16(26)7-10-1-3-12(34-32-31-21)8-13(10)18(25)27/h1-9,27H,21H2,(H2,23,24,28). The summed E-state index contributed by atoms with van der Waals surface area (Å²) in [5, 5.41) is 13.1. The highest BCUT2D eigenvalue weighted by Crippen LogP contribution is 2.30. The lowest BCUT2D eigenvalue weighted by Crippen LogP contribution is -2.34. The Hall–Kier alpha value is -3.54. The number of nitrogens with two attached hydrogens (primary N) is 1. The minimum absolute atomic E-state index is 0.0293. The molecular weight excluding hydrogens is 525 g/mol. The van der Waals surface area contributed by atoms with Crippen LogP contribution in [0.4, 0.5) is 14.9 Å². The third-order valence-electron chi connectivity index (χ3n) is 4.42. The van der Waals surface area contributed by atoms with Gasteiger partial charge in [0.2, 0.25) is 5.88 Å². The molecule has 3 aromatic heterocycles. The Morgan fingerprint density at radius 2 is 2.00 bits per heavy atom. The fourth-order valence-corrected chi connectivity index (χ4v) is 5.29. The van der Waals surface area contributed by atoms with Crippen LogP contribution in [0.25, 0.3) is 16.6 Å². The zero-order chi connectivity index (χ0) is 25.2.